The molecule has 1 amide bonds. The number of carbonyl (C=O) groups excluding carboxylic acids is 1. The van der Waals surface area contributed by atoms with E-state index in [9.17, 15) is 9.18 Å². The first kappa shape index (κ1) is 15.1. The lowest BCUT2D eigenvalue weighted by Crippen LogP contribution is -2.12. The Kier molecular flexibility index (Phi) is 4.29. The Hall–Kier alpha value is -2.80. The summed E-state index contributed by atoms with van der Waals surface area (Å²) in [6, 6.07) is 12.8. The van der Waals surface area contributed by atoms with Gasteiger partial charge in [0.2, 0.25) is 5.13 Å². The molecule has 0 fully saturated rings. The first-order valence-electron chi connectivity index (χ1n) is 6.71. The van der Waals surface area contributed by atoms with Crippen molar-refractivity contribution in [2.24, 2.45) is 0 Å². The molecule has 0 aliphatic rings. The zero-order valence-electron chi connectivity index (χ0n) is 12.1. The van der Waals surface area contributed by atoms with Crippen molar-refractivity contribution in [2.45, 2.75) is 0 Å². The maximum Gasteiger partial charge on any atom is 0.261 e. The summed E-state index contributed by atoms with van der Waals surface area (Å²) in [5.41, 5.74) is 1.15. The third-order valence-electron chi connectivity index (χ3n) is 3.09. The predicted molar refractivity (Wildman–Crippen MR) is 86.3 cm³/mol. The second-order valence-corrected chi connectivity index (χ2v) is 5.55. The summed E-state index contributed by atoms with van der Waals surface area (Å²) >= 11 is 1.21. The average molecular weight is 329 g/mol. The molecule has 3 aromatic rings. The molecule has 5 nitrogen and oxygen atoms in total. The number of rotatable bonds is 4. The predicted octanol–water partition coefficient (Wildman–Crippen LogP) is 3.61. The smallest absolute Gasteiger partial charge is 0.261 e. The fourth-order valence-corrected chi connectivity index (χ4v) is 2.72. The number of anilines is 1. The van der Waals surface area contributed by atoms with E-state index in [0.29, 0.717) is 21.5 Å². The number of halogens is 1. The number of amides is 1. The quantitative estimate of drug-likeness (QED) is 0.794. The maximum absolute atomic E-state index is 12.9. The molecule has 0 saturated carbocycles. The molecule has 0 radical (unpaired) electrons. The Morgan fingerprint density at radius 2 is 1.87 bits per heavy atom. The van der Waals surface area contributed by atoms with E-state index in [0.717, 1.165) is 5.56 Å². The van der Waals surface area contributed by atoms with Crippen molar-refractivity contribution in [1.29, 1.82) is 0 Å². The Balaban J connectivity index is 1.79. The number of nitrogens with zero attached hydrogens (tertiary/aromatic N) is 2. The molecule has 1 N–H and O–H groups in total. The number of benzene rings is 2. The van der Waals surface area contributed by atoms with Crippen LogP contribution in [0.5, 0.6) is 5.75 Å². The largest absolute Gasteiger partial charge is 0.496 e. The minimum atomic E-state index is -0.329. The van der Waals surface area contributed by atoms with Crippen LogP contribution < -0.4 is 10.1 Å². The molecular formula is C16H12FN3O2S. The van der Waals surface area contributed by atoms with Crippen molar-refractivity contribution >= 4 is 22.4 Å². The Morgan fingerprint density at radius 3 is 2.61 bits per heavy atom. The van der Waals surface area contributed by atoms with Gasteiger partial charge in [0.05, 0.1) is 12.7 Å². The fourth-order valence-electron chi connectivity index (χ4n) is 1.98. The maximum atomic E-state index is 12.9. The van der Waals surface area contributed by atoms with Crippen molar-refractivity contribution in [1.82, 2.24) is 10.2 Å². The molecule has 0 aliphatic heterocycles. The van der Waals surface area contributed by atoms with Crippen LogP contribution in [0, 0.1) is 5.82 Å². The van der Waals surface area contributed by atoms with E-state index in [1.807, 2.05) is 0 Å². The van der Waals surface area contributed by atoms with Gasteiger partial charge < -0.3 is 4.74 Å². The van der Waals surface area contributed by atoms with Crippen LogP contribution in [-0.4, -0.2) is 23.2 Å². The Morgan fingerprint density at radius 1 is 1.13 bits per heavy atom. The number of hydrogen-bond donors (Lipinski definition) is 1. The third kappa shape index (κ3) is 3.35. The van der Waals surface area contributed by atoms with Gasteiger partial charge >= 0.3 is 0 Å². The summed E-state index contributed by atoms with van der Waals surface area (Å²) in [6.07, 6.45) is 0. The highest BCUT2D eigenvalue weighted by molar-refractivity contribution is 7.18. The van der Waals surface area contributed by atoms with E-state index >= 15 is 0 Å². The third-order valence-corrected chi connectivity index (χ3v) is 3.98. The summed E-state index contributed by atoms with van der Waals surface area (Å²) in [5, 5.41) is 11.6. The summed E-state index contributed by atoms with van der Waals surface area (Å²) in [4.78, 5) is 12.3. The topological polar surface area (TPSA) is 64.1 Å². The second-order valence-electron chi connectivity index (χ2n) is 4.57. The zero-order valence-corrected chi connectivity index (χ0v) is 12.9. The zero-order chi connectivity index (χ0) is 16.2. The van der Waals surface area contributed by atoms with Crippen molar-refractivity contribution in [3.63, 3.8) is 0 Å². The number of carbonyl (C=O) groups is 1. The molecule has 0 bridgehead atoms. The molecule has 23 heavy (non-hydrogen) atoms. The van der Waals surface area contributed by atoms with Crippen LogP contribution in [0.15, 0.2) is 48.5 Å². The number of aromatic nitrogens is 2. The molecule has 2 aromatic carbocycles. The normalized spacial score (nSPS) is 10.3. The minimum Gasteiger partial charge on any atom is -0.496 e. The van der Waals surface area contributed by atoms with Gasteiger partial charge in [-0.15, -0.1) is 10.2 Å². The molecule has 0 aliphatic carbocycles. The van der Waals surface area contributed by atoms with Gasteiger partial charge in [0.25, 0.3) is 5.91 Å². The molecule has 1 aromatic heterocycles. The molecule has 7 heteroatoms. The number of para-hydroxylation sites is 1. The van der Waals surface area contributed by atoms with Gasteiger partial charge in [0.15, 0.2) is 0 Å². The molecule has 3 rings (SSSR count). The number of methoxy groups -OCH3 is 1. The molecule has 1 heterocycles. The average Bonchev–Trinajstić information content (AvgIpc) is 3.04. The van der Waals surface area contributed by atoms with E-state index in [1.54, 1.807) is 36.4 Å². The van der Waals surface area contributed by atoms with Crippen LogP contribution in [-0.2, 0) is 0 Å². The van der Waals surface area contributed by atoms with Gasteiger partial charge in [-0.3, -0.25) is 10.1 Å². The van der Waals surface area contributed by atoms with Gasteiger partial charge in [0, 0.05) is 5.56 Å². The van der Waals surface area contributed by atoms with E-state index in [-0.39, 0.29) is 11.7 Å². The fraction of sp³-hybridized carbons (Fsp3) is 0.0625. The number of nitrogens with one attached hydrogen (secondary N) is 1. The van der Waals surface area contributed by atoms with Gasteiger partial charge in [0.1, 0.15) is 16.6 Å². The Labute approximate surface area is 135 Å². The van der Waals surface area contributed by atoms with Gasteiger partial charge in [-0.1, -0.05) is 23.5 Å². The lowest BCUT2D eigenvalue weighted by molar-refractivity contribution is 0.102. The highest BCUT2D eigenvalue weighted by atomic mass is 32.1. The first-order chi connectivity index (χ1) is 11.2. The summed E-state index contributed by atoms with van der Waals surface area (Å²) in [7, 11) is 1.50. The van der Waals surface area contributed by atoms with Crippen LogP contribution in [0.4, 0.5) is 9.52 Å². The first-order valence-corrected chi connectivity index (χ1v) is 7.53. The van der Waals surface area contributed by atoms with Crippen LogP contribution >= 0.6 is 11.3 Å². The standard InChI is InChI=1S/C16H12FN3O2S/c1-22-13-5-3-2-4-12(13)14(21)18-16-20-19-15(23-16)10-6-8-11(17)9-7-10/h2-9H,1H3,(H,18,20,21). The number of ether oxygens (including phenoxy) is 1. The van der Waals surface area contributed by atoms with Crippen molar-refractivity contribution < 1.29 is 13.9 Å². The lowest BCUT2D eigenvalue weighted by atomic mass is 10.2. The van der Waals surface area contributed by atoms with Crippen molar-refractivity contribution in [3.8, 4) is 16.3 Å². The molecule has 0 atom stereocenters. The summed E-state index contributed by atoms with van der Waals surface area (Å²) < 4.78 is 18.1. The van der Waals surface area contributed by atoms with Crippen LogP contribution in [0.2, 0.25) is 0 Å². The van der Waals surface area contributed by atoms with Gasteiger partial charge in [-0.05, 0) is 36.4 Å². The lowest BCUT2D eigenvalue weighted by Gasteiger charge is -2.06. The second kappa shape index (κ2) is 6.53. The van der Waals surface area contributed by atoms with E-state index in [2.05, 4.69) is 15.5 Å². The van der Waals surface area contributed by atoms with Crippen LogP contribution in [0.1, 0.15) is 10.4 Å². The van der Waals surface area contributed by atoms with Crippen LogP contribution in [0.3, 0.4) is 0 Å². The molecule has 0 spiro atoms. The van der Waals surface area contributed by atoms with Crippen molar-refractivity contribution in [2.75, 3.05) is 12.4 Å². The van der Waals surface area contributed by atoms with Crippen molar-refractivity contribution in [3.05, 3.63) is 59.9 Å². The van der Waals surface area contributed by atoms with Crippen LogP contribution in [0.25, 0.3) is 10.6 Å². The highest BCUT2D eigenvalue weighted by Gasteiger charge is 2.14. The monoisotopic (exact) mass is 329 g/mol. The Bertz CT molecular complexity index is 833. The number of hydrogen-bond acceptors (Lipinski definition) is 5. The van der Waals surface area contributed by atoms with E-state index in [4.69, 9.17) is 4.74 Å². The molecule has 0 unspecified atom stereocenters. The van der Waals surface area contributed by atoms with E-state index < -0.39 is 0 Å². The summed E-state index contributed by atoms with van der Waals surface area (Å²) in [5.74, 6) is -0.166. The summed E-state index contributed by atoms with van der Waals surface area (Å²) in [6.45, 7) is 0. The molecule has 116 valence electrons. The molecule has 0 saturated heterocycles. The SMILES string of the molecule is COc1ccccc1C(=O)Nc1nnc(-c2ccc(F)cc2)s1. The highest BCUT2D eigenvalue weighted by Crippen LogP contribution is 2.27. The molecular weight excluding hydrogens is 317 g/mol. The van der Waals surface area contributed by atoms with E-state index in [1.165, 1.54) is 30.6 Å². The minimum absolute atomic E-state index is 0.317. The van der Waals surface area contributed by atoms with Gasteiger partial charge in [-0.2, -0.15) is 0 Å². The van der Waals surface area contributed by atoms with Gasteiger partial charge in [-0.25, -0.2) is 4.39 Å².